The molecule has 0 fully saturated rings. The quantitative estimate of drug-likeness (QED) is 0.595. The molecule has 0 radical (unpaired) electrons. The summed E-state index contributed by atoms with van der Waals surface area (Å²) in [4.78, 5) is 23.5. The van der Waals surface area contributed by atoms with Gasteiger partial charge in [-0.3, -0.25) is 14.9 Å². The van der Waals surface area contributed by atoms with Gasteiger partial charge in [0.05, 0.1) is 31.4 Å². The van der Waals surface area contributed by atoms with Crippen LogP contribution in [0.3, 0.4) is 0 Å². The largest absolute Gasteiger partial charge is 0.467 e. The Morgan fingerprint density at radius 1 is 1.43 bits per heavy atom. The molecule has 0 aliphatic heterocycles. The van der Waals surface area contributed by atoms with Gasteiger partial charge in [0.15, 0.2) is 5.76 Å². The molecule has 0 atom stereocenters. The molecule has 2 aromatic heterocycles. The van der Waals surface area contributed by atoms with E-state index in [1.165, 1.54) is 17.2 Å². The van der Waals surface area contributed by atoms with Crippen molar-refractivity contribution in [2.45, 2.75) is 13.0 Å². The summed E-state index contributed by atoms with van der Waals surface area (Å²) in [6.07, 6.45) is 1.61. The molecule has 0 spiro atoms. The Balaban J connectivity index is 2.16. The first kappa shape index (κ1) is 14.3. The molecule has 0 bridgehead atoms. The summed E-state index contributed by atoms with van der Waals surface area (Å²) in [6, 6.07) is 7.67. The number of nitrogens with zero attached hydrogens (tertiary/aromatic N) is 3. The van der Waals surface area contributed by atoms with Crippen LogP contribution in [0.2, 0.25) is 0 Å². The summed E-state index contributed by atoms with van der Waals surface area (Å²) in [7, 11) is 0. The molecule has 0 aliphatic carbocycles. The Hall–Kier alpha value is -3.08. The SMILES string of the molecule is N#CCCN(Cc1ccco1)C(=O)c1ccc([N+](=O)[O-])o1. The fourth-order valence-electron chi connectivity index (χ4n) is 1.72. The molecule has 0 N–H and O–H groups in total. The number of hydrogen-bond acceptors (Lipinski definition) is 6. The van der Waals surface area contributed by atoms with E-state index in [1.807, 2.05) is 6.07 Å². The van der Waals surface area contributed by atoms with Crippen LogP contribution >= 0.6 is 0 Å². The molecular formula is C13H11N3O5. The average molecular weight is 289 g/mol. The number of nitro groups is 1. The highest BCUT2D eigenvalue weighted by Gasteiger charge is 2.23. The van der Waals surface area contributed by atoms with Crippen molar-refractivity contribution in [2.75, 3.05) is 6.54 Å². The predicted octanol–water partition coefficient (Wildman–Crippen LogP) is 2.34. The number of carbonyl (C=O) groups is 1. The molecule has 2 heterocycles. The predicted molar refractivity (Wildman–Crippen MR) is 69.0 cm³/mol. The van der Waals surface area contributed by atoms with Crippen molar-refractivity contribution in [2.24, 2.45) is 0 Å². The molecular weight excluding hydrogens is 278 g/mol. The highest BCUT2D eigenvalue weighted by atomic mass is 16.6. The zero-order valence-electron chi connectivity index (χ0n) is 10.9. The van der Waals surface area contributed by atoms with Crippen molar-refractivity contribution in [3.8, 4) is 6.07 Å². The second-order valence-corrected chi connectivity index (χ2v) is 4.11. The second-order valence-electron chi connectivity index (χ2n) is 4.11. The lowest BCUT2D eigenvalue weighted by molar-refractivity contribution is -0.402. The Kier molecular flexibility index (Phi) is 4.36. The van der Waals surface area contributed by atoms with Crippen LogP contribution < -0.4 is 0 Å². The van der Waals surface area contributed by atoms with Crippen LogP contribution in [0.15, 0.2) is 39.4 Å². The van der Waals surface area contributed by atoms with E-state index in [2.05, 4.69) is 0 Å². The fourth-order valence-corrected chi connectivity index (χ4v) is 1.72. The monoisotopic (exact) mass is 289 g/mol. The van der Waals surface area contributed by atoms with Gasteiger partial charge in [0.1, 0.15) is 10.7 Å². The van der Waals surface area contributed by atoms with Crippen molar-refractivity contribution >= 4 is 11.8 Å². The van der Waals surface area contributed by atoms with Gasteiger partial charge in [0.2, 0.25) is 0 Å². The third-order valence-electron chi connectivity index (χ3n) is 2.69. The van der Waals surface area contributed by atoms with Crippen LogP contribution in [-0.2, 0) is 6.54 Å². The number of amides is 1. The van der Waals surface area contributed by atoms with Gasteiger partial charge in [-0.15, -0.1) is 0 Å². The van der Waals surface area contributed by atoms with Crippen molar-refractivity contribution in [1.82, 2.24) is 4.90 Å². The first-order chi connectivity index (χ1) is 10.1. The minimum Gasteiger partial charge on any atom is -0.467 e. The van der Waals surface area contributed by atoms with Crippen LogP contribution in [0.5, 0.6) is 0 Å². The number of hydrogen-bond donors (Lipinski definition) is 0. The van der Waals surface area contributed by atoms with E-state index in [9.17, 15) is 14.9 Å². The van der Waals surface area contributed by atoms with Gasteiger partial charge in [-0.05, 0) is 18.2 Å². The molecule has 0 aliphatic rings. The third-order valence-corrected chi connectivity index (χ3v) is 2.69. The van der Waals surface area contributed by atoms with E-state index >= 15 is 0 Å². The summed E-state index contributed by atoms with van der Waals surface area (Å²) < 4.78 is 10.0. The standard InChI is InChI=1S/C13H11N3O5/c14-6-2-7-15(9-10-3-1-8-20-10)13(17)11-4-5-12(21-11)16(18)19/h1,3-5,8H,2,7,9H2. The van der Waals surface area contributed by atoms with Crippen LogP contribution in [0, 0.1) is 21.4 Å². The van der Waals surface area contributed by atoms with Gasteiger partial charge >= 0.3 is 5.88 Å². The zero-order chi connectivity index (χ0) is 15.2. The Morgan fingerprint density at radius 2 is 2.24 bits per heavy atom. The lowest BCUT2D eigenvalue weighted by atomic mass is 10.3. The number of carbonyl (C=O) groups excluding carboxylic acids is 1. The van der Waals surface area contributed by atoms with E-state index in [1.54, 1.807) is 12.1 Å². The van der Waals surface area contributed by atoms with Crippen molar-refractivity contribution in [3.05, 3.63) is 52.2 Å². The van der Waals surface area contributed by atoms with Gasteiger partial charge < -0.3 is 13.7 Å². The second kappa shape index (κ2) is 6.38. The first-order valence-corrected chi connectivity index (χ1v) is 6.04. The molecule has 0 unspecified atom stereocenters. The minimum absolute atomic E-state index is 0.134. The average Bonchev–Trinajstić information content (AvgIpc) is 3.13. The van der Waals surface area contributed by atoms with Crippen LogP contribution in [0.25, 0.3) is 0 Å². The summed E-state index contributed by atoms with van der Waals surface area (Å²) >= 11 is 0. The fraction of sp³-hybridized carbons (Fsp3) is 0.231. The summed E-state index contributed by atoms with van der Waals surface area (Å²) in [6.45, 7) is 0.326. The van der Waals surface area contributed by atoms with Crippen molar-refractivity contribution in [3.63, 3.8) is 0 Å². The van der Waals surface area contributed by atoms with Crippen LogP contribution in [0.1, 0.15) is 22.7 Å². The molecule has 8 heteroatoms. The molecule has 1 amide bonds. The van der Waals surface area contributed by atoms with Gasteiger partial charge in [0, 0.05) is 6.54 Å². The highest BCUT2D eigenvalue weighted by molar-refractivity contribution is 5.91. The van der Waals surface area contributed by atoms with Crippen LogP contribution in [0.4, 0.5) is 5.88 Å². The van der Waals surface area contributed by atoms with Crippen molar-refractivity contribution in [1.29, 1.82) is 5.26 Å². The number of nitriles is 1. The Bertz CT molecular complexity index is 668. The van der Waals surface area contributed by atoms with Gasteiger partial charge in [-0.25, -0.2) is 0 Å². The van der Waals surface area contributed by atoms with Gasteiger partial charge in [0.25, 0.3) is 5.91 Å². The van der Waals surface area contributed by atoms with Gasteiger partial charge in [-0.1, -0.05) is 0 Å². The van der Waals surface area contributed by atoms with E-state index in [0.717, 1.165) is 6.07 Å². The number of furan rings is 2. The summed E-state index contributed by atoms with van der Waals surface area (Å²) in [5.41, 5.74) is 0. The molecule has 2 rings (SSSR count). The molecule has 0 saturated carbocycles. The van der Waals surface area contributed by atoms with Gasteiger partial charge in [-0.2, -0.15) is 5.26 Å². The maximum absolute atomic E-state index is 12.3. The van der Waals surface area contributed by atoms with E-state index in [4.69, 9.17) is 14.1 Å². The minimum atomic E-state index is -0.719. The molecule has 2 aromatic rings. The summed E-state index contributed by atoms with van der Waals surface area (Å²) in [5, 5.41) is 19.2. The van der Waals surface area contributed by atoms with Crippen molar-refractivity contribution < 1.29 is 18.6 Å². The number of rotatable bonds is 6. The molecule has 21 heavy (non-hydrogen) atoms. The molecule has 108 valence electrons. The Labute approximate surface area is 119 Å². The third kappa shape index (κ3) is 3.48. The molecule has 8 nitrogen and oxygen atoms in total. The highest BCUT2D eigenvalue weighted by Crippen LogP contribution is 2.18. The van der Waals surface area contributed by atoms with Crippen LogP contribution in [-0.4, -0.2) is 22.3 Å². The topological polar surface area (TPSA) is 114 Å². The lowest BCUT2D eigenvalue weighted by Crippen LogP contribution is -2.31. The molecule has 0 aromatic carbocycles. The zero-order valence-corrected chi connectivity index (χ0v) is 10.9. The maximum Gasteiger partial charge on any atom is 0.433 e. The van der Waals surface area contributed by atoms with E-state index in [-0.39, 0.29) is 25.3 Å². The Morgan fingerprint density at radius 3 is 2.81 bits per heavy atom. The van der Waals surface area contributed by atoms with E-state index in [0.29, 0.717) is 5.76 Å². The van der Waals surface area contributed by atoms with E-state index < -0.39 is 16.7 Å². The molecule has 0 saturated heterocycles. The summed E-state index contributed by atoms with van der Waals surface area (Å²) in [5.74, 6) is -0.639. The first-order valence-electron chi connectivity index (χ1n) is 6.04. The smallest absolute Gasteiger partial charge is 0.433 e. The lowest BCUT2D eigenvalue weighted by Gasteiger charge is -2.18. The normalized spacial score (nSPS) is 10.0. The maximum atomic E-state index is 12.3.